The van der Waals surface area contributed by atoms with E-state index in [4.69, 9.17) is 14.2 Å². The third kappa shape index (κ3) is 3.07. The molecule has 0 bridgehead atoms. The van der Waals surface area contributed by atoms with Crippen molar-refractivity contribution >= 4 is 17.3 Å². The number of methoxy groups -OCH3 is 1. The summed E-state index contributed by atoms with van der Waals surface area (Å²) in [7, 11) is 1.34. The fraction of sp³-hybridized carbons (Fsp3) is 0.188. The molecule has 0 saturated heterocycles. The summed E-state index contributed by atoms with van der Waals surface area (Å²) in [6.45, 7) is 0.886. The molecule has 0 atom stereocenters. The van der Waals surface area contributed by atoms with Gasteiger partial charge in [-0.2, -0.15) is 0 Å². The molecule has 3 rings (SSSR count). The minimum atomic E-state index is -0.571. The van der Waals surface area contributed by atoms with Gasteiger partial charge in [0.25, 0.3) is 5.91 Å². The number of benzene rings is 2. The van der Waals surface area contributed by atoms with E-state index in [0.717, 1.165) is 0 Å². The highest BCUT2D eigenvalue weighted by Crippen LogP contribution is 2.32. The molecule has 24 heavy (non-hydrogen) atoms. The van der Waals surface area contributed by atoms with Crippen molar-refractivity contribution < 1.29 is 23.9 Å². The summed E-state index contributed by atoms with van der Waals surface area (Å²) in [5.74, 6) is 0.788. The van der Waals surface area contributed by atoms with Crippen LogP contribution in [0.4, 0.5) is 11.4 Å². The molecule has 0 aromatic heterocycles. The van der Waals surface area contributed by atoms with Crippen LogP contribution in [0.5, 0.6) is 17.2 Å². The highest BCUT2D eigenvalue weighted by molar-refractivity contribution is 6.04. The molecule has 0 unspecified atom stereocenters. The van der Waals surface area contributed by atoms with Crippen LogP contribution in [0.1, 0.15) is 10.4 Å². The lowest BCUT2D eigenvalue weighted by Crippen LogP contribution is -2.17. The van der Waals surface area contributed by atoms with Crippen molar-refractivity contribution in [2.45, 2.75) is 0 Å². The normalized spacial score (nSPS) is 12.4. The lowest BCUT2D eigenvalue weighted by atomic mass is 10.1. The molecule has 2 aromatic rings. The number of anilines is 1. The second-order valence-electron chi connectivity index (χ2n) is 4.96. The Morgan fingerprint density at radius 1 is 1.17 bits per heavy atom. The van der Waals surface area contributed by atoms with Gasteiger partial charge in [0.2, 0.25) is 0 Å². The largest absolute Gasteiger partial charge is 0.490 e. The van der Waals surface area contributed by atoms with Crippen LogP contribution in [0.3, 0.4) is 0 Å². The van der Waals surface area contributed by atoms with E-state index in [1.54, 1.807) is 18.2 Å². The first-order chi connectivity index (χ1) is 11.6. The molecule has 1 aliphatic heterocycles. The monoisotopic (exact) mass is 330 g/mol. The highest BCUT2D eigenvalue weighted by atomic mass is 16.6. The first-order valence-electron chi connectivity index (χ1n) is 7.12. The quantitative estimate of drug-likeness (QED) is 0.683. The van der Waals surface area contributed by atoms with Crippen molar-refractivity contribution in [3.63, 3.8) is 0 Å². The fourth-order valence-electron chi connectivity index (χ4n) is 2.30. The Balaban J connectivity index is 1.82. The van der Waals surface area contributed by atoms with Crippen LogP contribution in [-0.2, 0) is 0 Å². The predicted molar refractivity (Wildman–Crippen MR) is 85.0 cm³/mol. The van der Waals surface area contributed by atoms with Gasteiger partial charge in [-0.3, -0.25) is 14.9 Å². The maximum atomic E-state index is 12.3. The van der Waals surface area contributed by atoms with E-state index in [2.05, 4.69) is 5.32 Å². The van der Waals surface area contributed by atoms with E-state index < -0.39 is 10.8 Å². The summed E-state index contributed by atoms with van der Waals surface area (Å²) in [5.41, 5.74) is 0.428. The summed E-state index contributed by atoms with van der Waals surface area (Å²) in [4.78, 5) is 22.8. The number of carbonyl (C=O) groups excluding carboxylic acids is 1. The van der Waals surface area contributed by atoms with Crippen molar-refractivity contribution in [2.75, 3.05) is 25.6 Å². The van der Waals surface area contributed by atoms with Crippen LogP contribution in [0, 0.1) is 10.1 Å². The lowest BCUT2D eigenvalue weighted by Gasteiger charge is -2.18. The average Bonchev–Trinajstić information content (AvgIpc) is 2.61. The topological polar surface area (TPSA) is 99.9 Å². The van der Waals surface area contributed by atoms with Crippen LogP contribution in [-0.4, -0.2) is 31.2 Å². The van der Waals surface area contributed by atoms with Gasteiger partial charge in [-0.1, -0.05) is 0 Å². The van der Waals surface area contributed by atoms with Crippen molar-refractivity contribution in [3.8, 4) is 17.2 Å². The van der Waals surface area contributed by atoms with E-state index in [1.807, 2.05) is 0 Å². The molecule has 0 saturated carbocycles. The van der Waals surface area contributed by atoms with Gasteiger partial charge in [-0.15, -0.1) is 0 Å². The maximum Gasteiger partial charge on any atom is 0.312 e. The summed E-state index contributed by atoms with van der Waals surface area (Å²) < 4.78 is 15.8. The Bertz CT molecular complexity index is 805. The molecule has 1 amide bonds. The SMILES string of the molecule is COc1ccc(NC(=O)c2ccc3c(c2)OCCO3)cc1[N+](=O)[O-]. The third-order valence-electron chi connectivity index (χ3n) is 3.44. The first-order valence-corrected chi connectivity index (χ1v) is 7.12. The minimum Gasteiger partial charge on any atom is -0.490 e. The molecule has 0 fully saturated rings. The van der Waals surface area contributed by atoms with Gasteiger partial charge < -0.3 is 19.5 Å². The Labute approximate surface area is 137 Å². The van der Waals surface area contributed by atoms with E-state index in [1.165, 1.54) is 25.3 Å². The molecule has 8 heteroatoms. The van der Waals surface area contributed by atoms with Crippen molar-refractivity contribution in [1.29, 1.82) is 0 Å². The second kappa shape index (κ2) is 6.45. The van der Waals surface area contributed by atoms with Gasteiger partial charge in [0.05, 0.1) is 12.0 Å². The number of fused-ring (bicyclic) bond motifs is 1. The van der Waals surface area contributed by atoms with Crippen LogP contribution >= 0.6 is 0 Å². The fourth-order valence-corrected chi connectivity index (χ4v) is 2.30. The third-order valence-corrected chi connectivity index (χ3v) is 3.44. The molecule has 2 aromatic carbocycles. The van der Waals surface area contributed by atoms with Crippen LogP contribution in [0.2, 0.25) is 0 Å². The van der Waals surface area contributed by atoms with E-state index in [0.29, 0.717) is 36.0 Å². The van der Waals surface area contributed by atoms with Gasteiger partial charge in [0.1, 0.15) is 13.2 Å². The number of amides is 1. The Hall–Kier alpha value is -3.29. The van der Waals surface area contributed by atoms with E-state index >= 15 is 0 Å². The van der Waals surface area contributed by atoms with Gasteiger partial charge in [-0.05, 0) is 30.3 Å². The standard InChI is InChI=1S/C16H14N2O6/c1-22-13-5-3-11(9-12(13)18(20)21)17-16(19)10-2-4-14-15(8-10)24-7-6-23-14/h2-5,8-9H,6-7H2,1H3,(H,17,19). The number of nitrogens with zero attached hydrogens (tertiary/aromatic N) is 1. The minimum absolute atomic E-state index is 0.123. The summed E-state index contributed by atoms with van der Waals surface area (Å²) in [6.07, 6.45) is 0. The number of hydrogen-bond acceptors (Lipinski definition) is 6. The number of nitrogens with one attached hydrogen (secondary N) is 1. The number of nitro benzene ring substituents is 1. The molecule has 0 radical (unpaired) electrons. The van der Waals surface area contributed by atoms with Gasteiger partial charge >= 0.3 is 5.69 Å². The first kappa shape index (κ1) is 15.6. The molecule has 1 aliphatic rings. The zero-order valence-electron chi connectivity index (χ0n) is 12.8. The Morgan fingerprint density at radius 3 is 2.62 bits per heavy atom. The lowest BCUT2D eigenvalue weighted by molar-refractivity contribution is -0.385. The molecular formula is C16H14N2O6. The summed E-state index contributed by atoms with van der Waals surface area (Å²) >= 11 is 0. The van der Waals surface area contributed by atoms with Crippen molar-refractivity contribution in [2.24, 2.45) is 0 Å². The Morgan fingerprint density at radius 2 is 1.92 bits per heavy atom. The molecule has 8 nitrogen and oxygen atoms in total. The van der Waals surface area contributed by atoms with Gasteiger partial charge in [0, 0.05) is 17.3 Å². The highest BCUT2D eigenvalue weighted by Gasteiger charge is 2.18. The van der Waals surface area contributed by atoms with Crippen LogP contribution < -0.4 is 19.5 Å². The van der Waals surface area contributed by atoms with Crippen LogP contribution in [0.25, 0.3) is 0 Å². The average molecular weight is 330 g/mol. The molecule has 0 spiro atoms. The predicted octanol–water partition coefficient (Wildman–Crippen LogP) is 2.63. The molecule has 0 aliphatic carbocycles. The number of hydrogen-bond donors (Lipinski definition) is 1. The molecule has 1 N–H and O–H groups in total. The molecule has 1 heterocycles. The zero-order valence-corrected chi connectivity index (χ0v) is 12.8. The number of carbonyl (C=O) groups is 1. The number of nitro groups is 1. The van der Waals surface area contributed by atoms with E-state index in [9.17, 15) is 14.9 Å². The summed E-state index contributed by atoms with van der Waals surface area (Å²) in [5, 5.41) is 13.6. The van der Waals surface area contributed by atoms with Crippen LogP contribution in [0.15, 0.2) is 36.4 Å². The summed E-state index contributed by atoms with van der Waals surface area (Å²) in [6, 6.07) is 9.02. The maximum absolute atomic E-state index is 12.3. The smallest absolute Gasteiger partial charge is 0.312 e. The Kier molecular flexibility index (Phi) is 4.19. The number of ether oxygens (including phenoxy) is 3. The number of rotatable bonds is 4. The van der Waals surface area contributed by atoms with Crippen molar-refractivity contribution in [3.05, 3.63) is 52.1 Å². The van der Waals surface area contributed by atoms with E-state index in [-0.39, 0.29) is 11.4 Å². The zero-order chi connectivity index (χ0) is 17.1. The molecular weight excluding hydrogens is 316 g/mol. The second-order valence-corrected chi connectivity index (χ2v) is 4.96. The van der Waals surface area contributed by atoms with Gasteiger partial charge in [0.15, 0.2) is 17.2 Å². The van der Waals surface area contributed by atoms with Crippen molar-refractivity contribution in [1.82, 2.24) is 0 Å². The van der Waals surface area contributed by atoms with Gasteiger partial charge in [-0.25, -0.2) is 0 Å². The molecule has 124 valence electrons.